The van der Waals surface area contributed by atoms with E-state index >= 15 is 0 Å². The summed E-state index contributed by atoms with van der Waals surface area (Å²) in [6.07, 6.45) is 1.46. The first-order valence-electron chi connectivity index (χ1n) is 5.67. The van der Waals surface area contributed by atoms with Gasteiger partial charge in [0.1, 0.15) is 0 Å². The highest BCUT2D eigenvalue weighted by Crippen LogP contribution is 2.21. The molecule has 0 atom stereocenters. The molecule has 0 saturated heterocycles. The average Bonchev–Trinajstić information content (AvgIpc) is 2.27. The summed E-state index contributed by atoms with van der Waals surface area (Å²) in [5.74, 6) is 0. The van der Waals surface area contributed by atoms with E-state index in [0.717, 1.165) is 24.0 Å². The van der Waals surface area contributed by atoms with Gasteiger partial charge in [-0.1, -0.05) is 39.0 Å². The van der Waals surface area contributed by atoms with Gasteiger partial charge in [-0.2, -0.15) is 0 Å². The van der Waals surface area contributed by atoms with Gasteiger partial charge in [-0.15, -0.1) is 0 Å². The fourth-order valence-electron chi connectivity index (χ4n) is 1.80. The third-order valence-electron chi connectivity index (χ3n) is 2.54. The van der Waals surface area contributed by atoms with Crippen molar-refractivity contribution < 1.29 is 8.42 Å². The number of hydrogen-bond acceptors (Lipinski definition) is 2. The predicted octanol–water partition coefficient (Wildman–Crippen LogP) is 2.11. The van der Waals surface area contributed by atoms with Crippen molar-refractivity contribution in [3.8, 4) is 0 Å². The topological polar surface area (TPSA) is 46.2 Å². The molecule has 0 fully saturated rings. The van der Waals surface area contributed by atoms with Gasteiger partial charge in [0.25, 0.3) is 0 Å². The normalized spacial score (nSPS) is 11.7. The molecule has 0 saturated carbocycles. The highest BCUT2D eigenvalue weighted by atomic mass is 32.2. The van der Waals surface area contributed by atoms with Crippen LogP contribution in [0.4, 0.5) is 0 Å². The molecule has 3 nitrogen and oxygen atoms in total. The predicted molar refractivity (Wildman–Crippen MR) is 66.1 cm³/mol. The van der Waals surface area contributed by atoms with Gasteiger partial charge in [0.15, 0.2) is 0 Å². The SMILES string of the molecule is CCNS(=O)(=O)c1c(CC)cccc1CC. The zero-order valence-corrected chi connectivity index (χ0v) is 10.9. The van der Waals surface area contributed by atoms with Crippen LogP contribution in [0.5, 0.6) is 0 Å². The smallest absolute Gasteiger partial charge is 0.211 e. The molecule has 0 aliphatic heterocycles. The van der Waals surface area contributed by atoms with Gasteiger partial charge in [-0.05, 0) is 24.0 Å². The number of sulfonamides is 1. The molecule has 0 aliphatic rings. The lowest BCUT2D eigenvalue weighted by atomic mass is 10.1. The maximum atomic E-state index is 12.1. The summed E-state index contributed by atoms with van der Waals surface area (Å²) in [7, 11) is -3.35. The van der Waals surface area contributed by atoms with E-state index in [2.05, 4.69) is 4.72 Å². The molecule has 4 heteroatoms. The summed E-state index contributed by atoms with van der Waals surface area (Å²) in [5.41, 5.74) is 1.78. The highest BCUT2D eigenvalue weighted by molar-refractivity contribution is 7.89. The van der Waals surface area contributed by atoms with Crippen LogP contribution in [-0.4, -0.2) is 15.0 Å². The minimum atomic E-state index is -3.35. The Morgan fingerprint density at radius 2 is 1.56 bits per heavy atom. The summed E-state index contributed by atoms with van der Waals surface area (Å²) in [5, 5.41) is 0. The standard InChI is InChI=1S/C12H19NO2S/c1-4-10-8-7-9-11(5-2)12(10)16(14,15)13-6-3/h7-9,13H,4-6H2,1-3H3. The highest BCUT2D eigenvalue weighted by Gasteiger charge is 2.19. The fourth-order valence-corrected chi connectivity index (χ4v) is 3.44. The van der Waals surface area contributed by atoms with Crippen LogP contribution in [0.25, 0.3) is 0 Å². The Morgan fingerprint density at radius 1 is 1.06 bits per heavy atom. The van der Waals surface area contributed by atoms with Crippen LogP contribution < -0.4 is 4.72 Å². The molecule has 1 N–H and O–H groups in total. The van der Waals surface area contributed by atoms with Gasteiger partial charge in [0, 0.05) is 6.54 Å². The molecule has 1 rings (SSSR count). The zero-order chi connectivity index (χ0) is 12.2. The fraction of sp³-hybridized carbons (Fsp3) is 0.500. The van der Waals surface area contributed by atoms with Gasteiger partial charge in [0.05, 0.1) is 4.90 Å². The quantitative estimate of drug-likeness (QED) is 0.858. The van der Waals surface area contributed by atoms with Crippen molar-refractivity contribution in [3.05, 3.63) is 29.3 Å². The Kier molecular flexibility index (Phi) is 4.50. The van der Waals surface area contributed by atoms with Crippen molar-refractivity contribution >= 4 is 10.0 Å². The summed E-state index contributed by atoms with van der Waals surface area (Å²) in [4.78, 5) is 0.474. The second-order valence-corrected chi connectivity index (χ2v) is 5.32. The zero-order valence-electron chi connectivity index (χ0n) is 10.1. The molecular weight excluding hydrogens is 222 g/mol. The molecule has 0 aliphatic carbocycles. The second kappa shape index (κ2) is 5.46. The van der Waals surface area contributed by atoms with E-state index in [0.29, 0.717) is 11.4 Å². The summed E-state index contributed by atoms with van der Waals surface area (Å²) in [6, 6.07) is 5.68. The number of nitrogens with one attached hydrogen (secondary N) is 1. The lowest BCUT2D eigenvalue weighted by Crippen LogP contribution is -2.25. The van der Waals surface area contributed by atoms with Crippen molar-refractivity contribution in [2.45, 2.75) is 38.5 Å². The minimum absolute atomic E-state index is 0.420. The molecule has 1 aromatic carbocycles. The van der Waals surface area contributed by atoms with Crippen LogP contribution in [0.15, 0.2) is 23.1 Å². The number of rotatable bonds is 5. The lowest BCUT2D eigenvalue weighted by Gasteiger charge is -2.13. The van der Waals surface area contributed by atoms with Gasteiger partial charge in [-0.25, -0.2) is 13.1 Å². The molecule has 16 heavy (non-hydrogen) atoms. The van der Waals surface area contributed by atoms with Crippen molar-refractivity contribution in [2.75, 3.05) is 6.54 Å². The van der Waals surface area contributed by atoms with E-state index in [1.54, 1.807) is 6.92 Å². The maximum absolute atomic E-state index is 12.1. The minimum Gasteiger partial charge on any atom is -0.211 e. The largest absolute Gasteiger partial charge is 0.241 e. The van der Waals surface area contributed by atoms with Gasteiger partial charge < -0.3 is 0 Å². The Bertz CT molecular complexity index is 430. The van der Waals surface area contributed by atoms with Crippen LogP contribution in [0, 0.1) is 0 Å². The van der Waals surface area contributed by atoms with Gasteiger partial charge in [0.2, 0.25) is 10.0 Å². The van der Waals surface area contributed by atoms with E-state index < -0.39 is 10.0 Å². The van der Waals surface area contributed by atoms with Crippen LogP contribution >= 0.6 is 0 Å². The summed E-state index contributed by atoms with van der Waals surface area (Å²) >= 11 is 0. The first kappa shape index (κ1) is 13.2. The lowest BCUT2D eigenvalue weighted by molar-refractivity contribution is 0.581. The van der Waals surface area contributed by atoms with E-state index in [9.17, 15) is 8.42 Å². The Labute approximate surface area is 97.9 Å². The molecule has 0 bridgehead atoms. The summed E-state index contributed by atoms with van der Waals surface area (Å²) in [6.45, 7) is 6.15. The van der Waals surface area contributed by atoms with Gasteiger partial charge >= 0.3 is 0 Å². The van der Waals surface area contributed by atoms with Crippen molar-refractivity contribution in [3.63, 3.8) is 0 Å². The number of aryl methyl sites for hydroxylation is 2. The van der Waals surface area contributed by atoms with Crippen LogP contribution in [0.1, 0.15) is 31.9 Å². The second-order valence-electron chi connectivity index (χ2n) is 3.61. The molecule has 1 aromatic rings. The van der Waals surface area contributed by atoms with Crippen LogP contribution in [-0.2, 0) is 22.9 Å². The van der Waals surface area contributed by atoms with Gasteiger partial charge in [-0.3, -0.25) is 0 Å². The Morgan fingerprint density at radius 3 is 1.94 bits per heavy atom. The molecule has 0 radical (unpaired) electrons. The Hall–Kier alpha value is -0.870. The average molecular weight is 241 g/mol. The third-order valence-corrected chi connectivity index (χ3v) is 4.27. The van der Waals surface area contributed by atoms with Crippen LogP contribution in [0.3, 0.4) is 0 Å². The molecule has 0 aromatic heterocycles. The Balaban J connectivity index is 3.40. The van der Waals surface area contributed by atoms with Crippen molar-refractivity contribution in [1.29, 1.82) is 0 Å². The van der Waals surface area contributed by atoms with E-state index in [1.807, 2.05) is 32.0 Å². The molecular formula is C12H19NO2S. The number of benzene rings is 1. The van der Waals surface area contributed by atoms with Crippen molar-refractivity contribution in [2.24, 2.45) is 0 Å². The number of hydrogen-bond donors (Lipinski definition) is 1. The molecule has 0 amide bonds. The first-order chi connectivity index (χ1) is 7.56. The van der Waals surface area contributed by atoms with Crippen LogP contribution in [0.2, 0.25) is 0 Å². The molecule has 0 heterocycles. The molecule has 90 valence electrons. The van der Waals surface area contributed by atoms with E-state index in [4.69, 9.17) is 0 Å². The molecule has 0 spiro atoms. The van der Waals surface area contributed by atoms with Crippen molar-refractivity contribution in [1.82, 2.24) is 4.72 Å². The van der Waals surface area contributed by atoms with E-state index in [1.165, 1.54) is 0 Å². The molecule has 0 unspecified atom stereocenters. The summed E-state index contributed by atoms with van der Waals surface area (Å²) < 4.78 is 26.7. The first-order valence-corrected chi connectivity index (χ1v) is 7.15. The van der Waals surface area contributed by atoms with E-state index in [-0.39, 0.29) is 0 Å². The monoisotopic (exact) mass is 241 g/mol. The maximum Gasteiger partial charge on any atom is 0.241 e. The third kappa shape index (κ3) is 2.62.